The van der Waals surface area contributed by atoms with Crippen molar-refractivity contribution in [3.05, 3.63) is 96.7 Å². The van der Waals surface area contributed by atoms with Crippen LogP contribution in [-0.4, -0.2) is 15.9 Å². The predicted octanol–water partition coefficient (Wildman–Crippen LogP) is 5.21. The Morgan fingerprint density at radius 2 is 1.50 bits per heavy atom. The number of anilines is 4. The van der Waals surface area contributed by atoms with Gasteiger partial charge in [0.25, 0.3) is 5.91 Å². The van der Waals surface area contributed by atoms with Crippen LogP contribution < -0.4 is 16.4 Å². The summed E-state index contributed by atoms with van der Waals surface area (Å²) in [4.78, 5) is 22.7. The Morgan fingerprint density at radius 1 is 0.833 bits per heavy atom. The second-order valence-corrected chi connectivity index (χ2v) is 7.46. The number of nitrogens with two attached hydrogens (primary N) is 1. The molecular weight excluding hydrogens is 394 g/mol. The van der Waals surface area contributed by atoms with E-state index in [2.05, 4.69) is 32.7 Å². The van der Waals surface area contributed by atoms with Gasteiger partial charge in [-0.3, -0.25) is 4.79 Å². The lowest BCUT2D eigenvalue weighted by molar-refractivity contribution is 0.100. The first-order chi connectivity index (χ1) is 14.7. The van der Waals surface area contributed by atoms with Gasteiger partial charge in [-0.1, -0.05) is 60.3 Å². The number of rotatable bonds is 7. The molecule has 4 N–H and O–H groups in total. The molecule has 6 nitrogen and oxygen atoms in total. The number of aromatic nitrogens is 2. The number of para-hydroxylation sites is 2. The first kappa shape index (κ1) is 19.5. The van der Waals surface area contributed by atoms with Crippen molar-refractivity contribution in [3.8, 4) is 0 Å². The largest absolute Gasteiger partial charge is 0.365 e. The van der Waals surface area contributed by atoms with Crippen LogP contribution in [-0.2, 0) is 0 Å². The van der Waals surface area contributed by atoms with Gasteiger partial charge in [-0.2, -0.15) is 4.98 Å². The molecular formula is C23H19N5OS. The van der Waals surface area contributed by atoms with Crippen molar-refractivity contribution in [2.45, 2.75) is 9.79 Å². The molecule has 7 heteroatoms. The fraction of sp³-hybridized carbons (Fsp3) is 0. The molecule has 1 aromatic heterocycles. The molecule has 0 spiro atoms. The van der Waals surface area contributed by atoms with Gasteiger partial charge in [0, 0.05) is 21.7 Å². The Kier molecular flexibility index (Phi) is 5.91. The fourth-order valence-electron chi connectivity index (χ4n) is 2.77. The van der Waals surface area contributed by atoms with Crippen LogP contribution in [0.4, 0.5) is 23.1 Å². The first-order valence-electron chi connectivity index (χ1n) is 9.27. The van der Waals surface area contributed by atoms with E-state index in [1.54, 1.807) is 11.8 Å². The summed E-state index contributed by atoms with van der Waals surface area (Å²) in [7, 11) is 0. The lowest BCUT2D eigenvalue weighted by Crippen LogP contribution is -2.15. The maximum absolute atomic E-state index is 11.8. The second-order valence-electron chi connectivity index (χ2n) is 6.35. The van der Waals surface area contributed by atoms with Gasteiger partial charge in [0.1, 0.15) is 11.4 Å². The summed E-state index contributed by atoms with van der Waals surface area (Å²) in [5.74, 6) is 0.110. The van der Waals surface area contributed by atoms with Gasteiger partial charge in [0.05, 0.1) is 5.69 Å². The van der Waals surface area contributed by atoms with Crippen LogP contribution >= 0.6 is 11.8 Å². The number of carbonyl (C=O) groups is 1. The SMILES string of the molecule is NC(=O)c1cnc(Nc2ccccc2Sc2ccccc2)nc1Nc1ccccc1. The molecule has 3 aromatic carbocycles. The minimum absolute atomic E-state index is 0.219. The number of nitrogens with one attached hydrogen (secondary N) is 2. The minimum Gasteiger partial charge on any atom is -0.365 e. The number of hydrogen-bond donors (Lipinski definition) is 3. The number of nitrogens with zero attached hydrogens (tertiary/aromatic N) is 2. The number of primary amides is 1. The highest BCUT2D eigenvalue weighted by Crippen LogP contribution is 2.34. The number of amides is 1. The zero-order chi connectivity index (χ0) is 20.8. The standard InChI is InChI=1S/C23H19N5OS/c24-21(29)18-15-25-23(28-22(18)26-16-9-3-1-4-10-16)27-19-13-7-8-14-20(19)30-17-11-5-2-6-12-17/h1-15H,(H2,24,29)(H2,25,26,27,28). The zero-order valence-corrected chi connectivity index (χ0v) is 16.8. The van der Waals surface area contributed by atoms with Gasteiger partial charge in [-0.25, -0.2) is 4.98 Å². The lowest BCUT2D eigenvalue weighted by Gasteiger charge is -2.13. The summed E-state index contributed by atoms with van der Waals surface area (Å²) >= 11 is 1.64. The average Bonchev–Trinajstić information content (AvgIpc) is 2.77. The van der Waals surface area contributed by atoms with Crippen LogP contribution in [0.2, 0.25) is 0 Å². The van der Waals surface area contributed by atoms with E-state index in [1.807, 2.05) is 72.8 Å². The molecule has 0 unspecified atom stereocenters. The lowest BCUT2D eigenvalue weighted by atomic mass is 10.2. The van der Waals surface area contributed by atoms with E-state index < -0.39 is 5.91 Å². The number of carbonyl (C=O) groups excluding carboxylic acids is 1. The molecule has 0 aliphatic carbocycles. The summed E-state index contributed by atoms with van der Waals surface area (Å²) in [6.45, 7) is 0. The van der Waals surface area contributed by atoms with Crippen LogP contribution in [0.1, 0.15) is 10.4 Å². The first-order valence-corrected chi connectivity index (χ1v) is 10.1. The minimum atomic E-state index is -0.597. The molecule has 0 aliphatic rings. The third-order valence-electron chi connectivity index (χ3n) is 4.20. The Balaban J connectivity index is 1.62. The molecule has 0 aliphatic heterocycles. The van der Waals surface area contributed by atoms with E-state index in [-0.39, 0.29) is 5.56 Å². The van der Waals surface area contributed by atoms with Crippen LogP contribution in [0.25, 0.3) is 0 Å². The van der Waals surface area contributed by atoms with Crippen molar-refractivity contribution in [1.29, 1.82) is 0 Å². The summed E-state index contributed by atoms with van der Waals surface area (Å²) in [5.41, 5.74) is 7.38. The van der Waals surface area contributed by atoms with E-state index in [9.17, 15) is 4.79 Å². The Labute approximate surface area is 178 Å². The van der Waals surface area contributed by atoms with E-state index >= 15 is 0 Å². The van der Waals surface area contributed by atoms with Crippen molar-refractivity contribution in [2.24, 2.45) is 5.73 Å². The quantitative estimate of drug-likeness (QED) is 0.385. The molecule has 0 radical (unpaired) electrons. The Bertz CT molecular complexity index is 1150. The van der Waals surface area contributed by atoms with E-state index in [4.69, 9.17) is 5.73 Å². The molecule has 1 amide bonds. The van der Waals surface area contributed by atoms with Crippen molar-refractivity contribution in [2.75, 3.05) is 10.6 Å². The van der Waals surface area contributed by atoms with Gasteiger partial charge in [0.2, 0.25) is 5.95 Å². The van der Waals surface area contributed by atoms with Crippen molar-refractivity contribution >= 4 is 40.8 Å². The normalized spacial score (nSPS) is 10.4. The molecule has 30 heavy (non-hydrogen) atoms. The van der Waals surface area contributed by atoms with Gasteiger partial charge < -0.3 is 16.4 Å². The summed E-state index contributed by atoms with van der Waals surface area (Å²) in [5, 5.41) is 6.39. The molecule has 4 aromatic rings. The zero-order valence-electron chi connectivity index (χ0n) is 15.9. The van der Waals surface area contributed by atoms with E-state index in [0.29, 0.717) is 11.8 Å². The van der Waals surface area contributed by atoms with E-state index in [0.717, 1.165) is 21.2 Å². The molecule has 0 fully saturated rings. The fourth-order valence-corrected chi connectivity index (χ4v) is 3.69. The molecule has 4 rings (SSSR count). The molecule has 0 bridgehead atoms. The van der Waals surface area contributed by atoms with Crippen molar-refractivity contribution in [3.63, 3.8) is 0 Å². The monoisotopic (exact) mass is 413 g/mol. The summed E-state index contributed by atoms with van der Waals surface area (Å²) in [6.07, 6.45) is 1.43. The molecule has 0 saturated heterocycles. The van der Waals surface area contributed by atoms with Crippen molar-refractivity contribution in [1.82, 2.24) is 9.97 Å². The topological polar surface area (TPSA) is 92.9 Å². The number of hydrogen-bond acceptors (Lipinski definition) is 6. The van der Waals surface area contributed by atoms with Crippen molar-refractivity contribution < 1.29 is 4.79 Å². The van der Waals surface area contributed by atoms with Crippen LogP contribution in [0.5, 0.6) is 0 Å². The maximum atomic E-state index is 11.8. The predicted molar refractivity (Wildman–Crippen MR) is 121 cm³/mol. The van der Waals surface area contributed by atoms with Crippen LogP contribution in [0.15, 0.2) is 101 Å². The van der Waals surface area contributed by atoms with Gasteiger partial charge in [-0.05, 0) is 36.4 Å². The highest BCUT2D eigenvalue weighted by atomic mass is 32.2. The molecule has 0 atom stereocenters. The van der Waals surface area contributed by atoms with Gasteiger partial charge in [0.15, 0.2) is 0 Å². The Morgan fingerprint density at radius 3 is 2.23 bits per heavy atom. The average molecular weight is 414 g/mol. The smallest absolute Gasteiger partial charge is 0.254 e. The van der Waals surface area contributed by atoms with Gasteiger partial charge >= 0.3 is 0 Å². The summed E-state index contributed by atoms with van der Waals surface area (Å²) < 4.78 is 0. The maximum Gasteiger partial charge on any atom is 0.254 e. The van der Waals surface area contributed by atoms with Gasteiger partial charge in [-0.15, -0.1) is 0 Å². The third-order valence-corrected chi connectivity index (χ3v) is 5.28. The number of benzene rings is 3. The highest BCUT2D eigenvalue weighted by Gasteiger charge is 2.13. The molecule has 1 heterocycles. The second kappa shape index (κ2) is 9.11. The summed E-state index contributed by atoms with van der Waals surface area (Å²) in [6, 6.07) is 27.5. The highest BCUT2D eigenvalue weighted by molar-refractivity contribution is 7.99. The molecule has 0 saturated carbocycles. The van der Waals surface area contributed by atoms with Crippen LogP contribution in [0, 0.1) is 0 Å². The third kappa shape index (κ3) is 4.76. The van der Waals surface area contributed by atoms with E-state index in [1.165, 1.54) is 6.20 Å². The van der Waals surface area contributed by atoms with Crippen LogP contribution in [0.3, 0.4) is 0 Å². The molecule has 148 valence electrons. The Hall–Kier alpha value is -3.84.